The van der Waals surface area contributed by atoms with E-state index in [9.17, 15) is 0 Å². The molecule has 16 heavy (non-hydrogen) atoms. The number of rotatable bonds is 10. The van der Waals surface area contributed by atoms with E-state index in [0.717, 1.165) is 12.5 Å². The molecule has 1 atom stereocenters. The van der Waals surface area contributed by atoms with Crippen LogP contribution in [0.4, 0.5) is 0 Å². The van der Waals surface area contributed by atoms with Crippen molar-refractivity contribution in [3.63, 3.8) is 0 Å². The molecule has 0 aromatic heterocycles. The molecule has 0 saturated heterocycles. The lowest BCUT2D eigenvalue weighted by Crippen LogP contribution is -2.26. The van der Waals surface area contributed by atoms with Gasteiger partial charge in [-0.2, -0.15) is 0 Å². The minimum atomic E-state index is 0.716. The van der Waals surface area contributed by atoms with Crippen LogP contribution >= 0.6 is 0 Å². The maximum absolute atomic E-state index is 5.81. The summed E-state index contributed by atoms with van der Waals surface area (Å²) < 4.78 is 0. The largest absolute Gasteiger partial charge is 0.330 e. The standard InChI is InChI=1S/C14H32N2/c1-5-6-7-9-16(4)10-8-14(12-15)11-13(2)3/h13-14H,5-12,15H2,1-4H3. The second kappa shape index (κ2) is 10.1. The summed E-state index contributed by atoms with van der Waals surface area (Å²) in [5.74, 6) is 1.49. The molecule has 0 fully saturated rings. The van der Waals surface area contributed by atoms with Gasteiger partial charge < -0.3 is 10.6 Å². The van der Waals surface area contributed by atoms with Crippen LogP contribution in [-0.2, 0) is 0 Å². The fourth-order valence-electron chi connectivity index (χ4n) is 2.15. The Balaban J connectivity index is 3.58. The Morgan fingerprint density at radius 1 is 1.12 bits per heavy atom. The molecular weight excluding hydrogens is 196 g/mol. The molecule has 98 valence electrons. The summed E-state index contributed by atoms with van der Waals surface area (Å²) in [7, 11) is 2.23. The smallest absolute Gasteiger partial charge is 0.00187 e. The van der Waals surface area contributed by atoms with Crippen molar-refractivity contribution < 1.29 is 0 Å². The molecule has 0 bridgehead atoms. The van der Waals surface area contributed by atoms with Crippen LogP contribution in [-0.4, -0.2) is 31.6 Å². The van der Waals surface area contributed by atoms with Gasteiger partial charge in [0.25, 0.3) is 0 Å². The highest BCUT2D eigenvalue weighted by Gasteiger charge is 2.10. The van der Waals surface area contributed by atoms with E-state index in [1.807, 2.05) is 0 Å². The summed E-state index contributed by atoms with van der Waals surface area (Å²) in [6.45, 7) is 10.1. The summed E-state index contributed by atoms with van der Waals surface area (Å²) in [6, 6.07) is 0. The Labute approximate surface area is 103 Å². The average Bonchev–Trinajstić information content (AvgIpc) is 2.24. The lowest BCUT2D eigenvalue weighted by atomic mass is 9.94. The van der Waals surface area contributed by atoms with Crippen LogP contribution in [0.3, 0.4) is 0 Å². The normalized spacial score (nSPS) is 13.7. The van der Waals surface area contributed by atoms with E-state index in [1.54, 1.807) is 0 Å². The van der Waals surface area contributed by atoms with Crippen molar-refractivity contribution >= 4 is 0 Å². The van der Waals surface area contributed by atoms with Crippen molar-refractivity contribution in [2.24, 2.45) is 17.6 Å². The van der Waals surface area contributed by atoms with Gasteiger partial charge in [-0.3, -0.25) is 0 Å². The molecule has 0 rings (SSSR count). The SMILES string of the molecule is CCCCCN(C)CCC(CN)CC(C)C. The predicted molar refractivity (Wildman–Crippen MR) is 73.6 cm³/mol. The maximum atomic E-state index is 5.81. The molecule has 2 heteroatoms. The minimum Gasteiger partial charge on any atom is -0.330 e. The Morgan fingerprint density at radius 2 is 1.81 bits per heavy atom. The third-order valence-corrected chi connectivity index (χ3v) is 3.20. The van der Waals surface area contributed by atoms with Crippen molar-refractivity contribution in [2.75, 3.05) is 26.7 Å². The highest BCUT2D eigenvalue weighted by atomic mass is 15.1. The Hall–Kier alpha value is -0.0800. The van der Waals surface area contributed by atoms with Crippen molar-refractivity contribution in [3.05, 3.63) is 0 Å². The molecule has 0 aliphatic rings. The molecule has 0 spiro atoms. The first-order chi connectivity index (χ1) is 7.60. The Bertz CT molecular complexity index is 146. The summed E-state index contributed by atoms with van der Waals surface area (Å²) in [4.78, 5) is 2.46. The van der Waals surface area contributed by atoms with Crippen LogP contribution in [0, 0.1) is 11.8 Å². The van der Waals surface area contributed by atoms with Crippen LogP contribution in [0.15, 0.2) is 0 Å². The van der Waals surface area contributed by atoms with Gasteiger partial charge in [-0.25, -0.2) is 0 Å². The first-order valence-corrected chi connectivity index (χ1v) is 6.98. The van der Waals surface area contributed by atoms with E-state index >= 15 is 0 Å². The Morgan fingerprint density at radius 3 is 2.31 bits per heavy atom. The zero-order valence-electron chi connectivity index (χ0n) is 11.8. The summed E-state index contributed by atoms with van der Waals surface area (Å²) in [6.07, 6.45) is 6.55. The van der Waals surface area contributed by atoms with E-state index in [2.05, 4.69) is 32.7 Å². The minimum absolute atomic E-state index is 0.716. The van der Waals surface area contributed by atoms with Crippen LogP contribution < -0.4 is 5.73 Å². The van der Waals surface area contributed by atoms with E-state index in [0.29, 0.717) is 5.92 Å². The quantitative estimate of drug-likeness (QED) is 0.582. The predicted octanol–water partition coefficient (Wildman–Crippen LogP) is 3.12. The van der Waals surface area contributed by atoms with Gasteiger partial charge in [0.1, 0.15) is 0 Å². The molecule has 2 N–H and O–H groups in total. The third-order valence-electron chi connectivity index (χ3n) is 3.20. The molecule has 0 aliphatic heterocycles. The van der Waals surface area contributed by atoms with Gasteiger partial charge >= 0.3 is 0 Å². The van der Waals surface area contributed by atoms with Crippen molar-refractivity contribution in [1.29, 1.82) is 0 Å². The van der Waals surface area contributed by atoms with Gasteiger partial charge in [0.2, 0.25) is 0 Å². The van der Waals surface area contributed by atoms with Gasteiger partial charge in [0.15, 0.2) is 0 Å². The highest BCUT2D eigenvalue weighted by Crippen LogP contribution is 2.14. The van der Waals surface area contributed by atoms with E-state index in [-0.39, 0.29) is 0 Å². The lowest BCUT2D eigenvalue weighted by molar-refractivity contribution is 0.280. The number of unbranched alkanes of at least 4 members (excludes halogenated alkanes) is 2. The molecule has 2 nitrogen and oxygen atoms in total. The van der Waals surface area contributed by atoms with Crippen LogP contribution in [0.25, 0.3) is 0 Å². The first kappa shape index (κ1) is 15.9. The topological polar surface area (TPSA) is 29.3 Å². The van der Waals surface area contributed by atoms with Crippen LogP contribution in [0.2, 0.25) is 0 Å². The maximum Gasteiger partial charge on any atom is -0.00187 e. The fraction of sp³-hybridized carbons (Fsp3) is 1.00. The molecule has 0 aliphatic carbocycles. The average molecular weight is 228 g/mol. The van der Waals surface area contributed by atoms with E-state index in [4.69, 9.17) is 5.73 Å². The molecule has 0 heterocycles. The molecule has 0 amide bonds. The third kappa shape index (κ3) is 9.17. The van der Waals surface area contributed by atoms with Crippen molar-refractivity contribution in [2.45, 2.75) is 52.9 Å². The number of hydrogen-bond donors (Lipinski definition) is 1. The second-order valence-corrected chi connectivity index (χ2v) is 5.53. The molecular formula is C14H32N2. The lowest BCUT2D eigenvalue weighted by Gasteiger charge is -2.21. The van der Waals surface area contributed by atoms with Gasteiger partial charge in [0.05, 0.1) is 0 Å². The number of hydrogen-bond acceptors (Lipinski definition) is 2. The second-order valence-electron chi connectivity index (χ2n) is 5.53. The highest BCUT2D eigenvalue weighted by molar-refractivity contribution is 4.64. The molecule has 1 unspecified atom stereocenters. The Kier molecular flexibility index (Phi) is 10.0. The molecule has 0 radical (unpaired) electrons. The number of nitrogens with two attached hydrogens (primary N) is 1. The zero-order chi connectivity index (χ0) is 12.4. The molecule has 0 saturated carbocycles. The summed E-state index contributed by atoms with van der Waals surface area (Å²) >= 11 is 0. The van der Waals surface area contributed by atoms with Gasteiger partial charge in [-0.15, -0.1) is 0 Å². The zero-order valence-corrected chi connectivity index (χ0v) is 11.8. The van der Waals surface area contributed by atoms with E-state index < -0.39 is 0 Å². The van der Waals surface area contributed by atoms with Crippen molar-refractivity contribution in [3.8, 4) is 0 Å². The van der Waals surface area contributed by atoms with Gasteiger partial charge in [-0.05, 0) is 57.8 Å². The summed E-state index contributed by atoms with van der Waals surface area (Å²) in [5, 5.41) is 0. The van der Waals surface area contributed by atoms with Gasteiger partial charge in [0, 0.05) is 0 Å². The van der Waals surface area contributed by atoms with Gasteiger partial charge in [-0.1, -0.05) is 33.6 Å². The monoisotopic (exact) mass is 228 g/mol. The molecule has 0 aromatic carbocycles. The van der Waals surface area contributed by atoms with Crippen molar-refractivity contribution in [1.82, 2.24) is 4.90 Å². The number of nitrogens with zero attached hydrogens (tertiary/aromatic N) is 1. The first-order valence-electron chi connectivity index (χ1n) is 6.98. The fourth-order valence-corrected chi connectivity index (χ4v) is 2.15. The van der Waals surface area contributed by atoms with Crippen LogP contribution in [0.5, 0.6) is 0 Å². The summed E-state index contributed by atoms with van der Waals surface area (Å²) in [5.41, 5.74) is 5.81. The molecule has 0 aromatic rings. The van der Waals surface area contributed by atoms with Crippen LogP contribution in [0.1, 0.15) is 52.9 Å². The van der Waals surface area contributed by atoms with E-state index in [1.165, 1.54) is 45.2 Å².